The first-order valence-corrected chi connectivity index (χ1v) is 15.1. The Labute approximate surface area is 242 Å². The highest BCUT2D eigenvalue weighted by Crippen LogP contribution is 2.59. The molecule has 4 aliphatic rings. The van der Waals surface area contributed by atoms with Gasteiger partial charge in [-0.1, -0.05) is 31.4 Å². The van der Waals surface area contributed by atoms with E-state index in [0.29, 0.717) is 37.4 Å². The minimum Gasteiger partial charge on any atom is -0.494 e. The fourth-order valence-electron chi connectivity index (χ4n) is 7.69. The lowest BCUT2D eigenvalue weighted by Crippen LogP contribution is -2.58. The summed E-state index contributed by atoms with van der Waals surface area (Å²) in [6.45, 7) is 10.6. The zero-order valence-corrected chi connectivity index (χ0v) is 24.1. The molecule has 3 heterocycles. The predicted molar refractivity (Wildman–Crippen MR) is 155 cm³/mol. The monoisotopic (exact) mass is 565 g/mol. The van der Waals surface area contributed by atoms with Gasteiger partial charge in [0.05, 0.1) is 31.2 Å². The van der Waals surface area contributed by atoms with Crippen LogP contribution >= 0.6 is 0 Å². The third-order valence-electron chi connectivity index (χ3n) is 9.32. The molecule has 0 aromatic heterocycles. The quantitative estimate of drug-likeness (QED) is 0.391. The van der Waals surface area contributed by atoms with Crippen LogP contribution in [0.2, 0.25) is 0 Å². The summed E-state index contributed by atoms with van der Waals surface area (Å²) in [6.07, 6.45) is 9.16. The summed E-state index contributed by atoms with van der Waals surface area (Å²) in [4.78, 5) is 47.8. The lowest BCUT2D eigenvalue weighted by atomic mass is 9.70. The molecule has 3 aliphatic heterocycles. The van der Waals surface area contributed by atoms with Crippen LogP contribution in [0.1, 0.15) is 51.9 Å². The lowest BCUT2D eigenvalue weighted by Gasteiger charge is -2.40. The zero-order valence-electron chi connectivity index (χ0n) is 24.1. The molecular formula is C32H43N3O6. The summed E-state index contributed by atoms with van der Waals surface area (Å²) >= 11 is 0. The van der Waals surface area contributed by atoms with Gasteiger partial charge in [0, 0.05) is 31.4 Å². The number of ether oxygens (including phenoxy) is 2. The highest BCUT2D eigenvalue weighted by molar-refractivity contribution is 6.03. The van der Waals surface area contributed by atoms with Crippen molar-refractivity contribution < 1.29 is 29.0 Å². The normalized spacial score (nSPS) is 28.8. The Morgan fingerprint density at radius 1 is 1.10 bits per heavy atom. The Bertz CT molecular complexity index is 1150. The van der Waals surface area contributed by atoms with E-state index in [-0.39, 0.29) is 43.5 Å². The van der Waals surface area contributed by atoms with Crippen molar-refractivity contribution in [2.75, 3.05) is 37.7 Å². The van der Waals surface area contributed by atoms with Gasteiger partial charge in [0.1, 0.15) is 17.4 Å². The second-order valence-corrected chi connectivity index (χ2v) is 11.5. The van der Waals surface area contributed by atoms with E-state index in [1.54, 1.807) is 17.1 Å². The van der Waals surface area contributed by atoms with Gasteiger partial charge in [0.2, 0.25) is 17.7 Å². The summed E-state index contributed by atoms with van der Waals surface area (Å²) in [7, 11) is 0. The number of nitrogens with zero attached hydrogens (tertiary/aromatic N) is 3. The molecule has 41 heavy (non-hydrogen) atoms. The molecule has 3 saturated heterocycles. The highest BCUT2D eigenvalue weighted by atomic mass is 16.5. The van der Waals surface area contributed by atoms with Crippen LogP contribution in [0, 0.1) is 11.8 Å². The van der Waals surface area contributed by atoms with Gasteiger partial charge >= 0.3 is 0 Å². The largest absolute Gasteiger partial charge is 0.494 e. The second-order valence-electron chi connectivity index (χ2n) is 11.5. The van der Waals surface area contributed by atoms with Crippen molar-refractivity contribution in [1.82, 2.24) is 9.80 Å². The van der Waals surface area contributed by atoms with Gasteiger partial charge < -0.3 is 29.3 Å². The second kappa shape index (κ2) is 12.4. The molecule has 1 aromatic carbocycles. The first-order chi connectivity index (χ1) is 19.9. The number of anilines is 1. The maximum atomic E-state index is 14.4. The molecule has 5 atom stereocenters. The maximum absolute atomic E-state index is 14.4. The average molecular weight is 566 g/mol. The number of likely N-dealkylation sites (tertiary alicyclic amines) is 1. The number of rotatable bonds is 12. The molecule has 2 unspecified atom stereocenters. The molecule has 1 aliphatic carbocycles. The van der Waals surface area contributed by atoms with Crippen LogP contribution in [0.3, 0.4) is 0 Å². The highest BCUT2D eigenvalue weighted by Gasteiger charge is 2.75. The van der Waals surface area contributed by atoms with Crippen molar-refractivity contribution in [3.8, 4) is 5.75 Å². The summed E-state index contributed by atoms with van der Waals surface area (Å²) < 4.78 is 12.2. The maximum Gasteiger partial charge on any atom is 0.248 e. The third kappa shape index (κ3) is 5.07. The summed E-state index contributed by atoms with van der Waals surface area (Å²) in [5.41, 5.74) is -0.420. The van der Waals surface area contributed by atoms with E-state index in [2.05, 4.69) is 13.2 Å². The fourth-order valence-corrected chi connectivity index (χ4v) is 7.69. The molecule has 2 bridgehead atoms. The van der Waals surface area contributed by atoms with Gasteiger partial charge in [-0.15, -0.1) is 13.2 Å². The Balaban J connectivity index is 1.48. The molecule has 9 heteroatoms. The molecule has 222 valence electrons. The number of benzene rings is 1. The van der Waals surface area contributed by atoms with E-state index >= 15 is 0 Å². The number of carbonyl (C=O) groups excluding carboxylic acids is 3. The number of hydrogen-bond donors (Lipinski definition) is 1. The molecule has 5 rings (SSSR count). The summed E-state index contributed by atoms with van der Waals surface area (Å²) in [5, 5.41) is 9.94. The van der Waals surface area contributed by atoms with E-state index in [1.807, 2.05) is 36.1 Å². The standard InChI is InChI=1S/C32H43N3O6/c1-4-18-33(23-12-14-24(15-13-23)40-6-3)29(37)26-25-16-17-32(41-25)27(26)30(38)35(20-21-36)28(32)31(39)34(19-5-2)22-10-8-7-9-11-22/h4-5,12-15,22,25-28,36H,1-2,6-11,16-21H2,3H3/t25-,26+,27+,28?,32?/m1/s1. The third-order valence-corrected chi connectivity index (χ3v) is 9.32. The lowest BCUT2D eigenvalue weighted by molar-refractivity contribution is -0.150. The molecule has 1 saturated carbocycles. The van der Waals surface area contributed by atoms with E-state index in [0.717, 1.165) is 32.1 Å². The first kappa shape index (κ1) is 29.3. The Hall–Kier alpha value is -3.17. The molecule has 9 nitrogen and oxygen atoms in total. The first-order valence-electron chi connectivity index (χ1n) is 15.1. The van der Waals surface area contributed by atoms with E-state index in [9.17, 15) is 19.5 Å². The van der Waals surface area contributed by atoms with E-state index in [4.69, 9.17) is 9.47 Å². The van der Waals surface area contributed by atoms with Crippen molar-refractivity contribution in [3.63, 3.8) is 0 Å². The number of aliphatic hydroxyl groups excluding tert-OH is 1. The van der Waals surface area contributed by atoms with Gasteiger partial charge in [-0.3, -0.25) is 14.4 Å². The molecule has 1 aromatic rings. The van der Waals surface area contributed by atoms with Crippen LogP contribution in [-0.2, 0) is 19.1 Å². The van der Waals surface area contributed by atoms with Gasteiger partial charge in [-0.25, -0.2) is 0 Å². The minimum atomic E-state index is -1.10. The van der Waals surface area contributed by atoms with Crippen LogP contribution in [0.15, 0.2) is 49.6 Å². The Morgan fingerprint density at radius 3 is 2.44 bits per heavy atom. The van der Waals surface area contributed by atoms with Crippen molar-refractivity contribution in [2.24, 2.45) is 11.8 Å². The van der Waals surface area contributed by atoms with Crippen LogP contribution in [0.5, 0.6) is 5.75 Å². The zero-order chi connectivity index (χ0) is 29.1. The minimum absolute atomic E-state index is 0.0181. The molecular weight excluding hydrogens is 522 g/mol. The molecule has 0 radical (unpaired) electrons. The average Bonchev–Trinajstić information content (AvgIpc) is 3.63. The van der Waals surface area contributed by atoms with Crippen LogP contribution in [0.4, 0.5) is 5.69 Å². The van der Waals surface area contributed by atoms with Gasteiger partial charge in [-0.05, 0) is 56.9 Å². The summed E-state index contributed by atoms with van der Waals surface area (Å²) in [6, 6.07) is 6.49. The van der Waals surface area contributed by atoms with Crippen molar-refractivity contribution in [2.45, 2.75) is 75.7 Å². The molecule has 4 fully saturated rings. The Kier molecular flexibility index (Phi) is 8.85. The fraction of sp³-hybridized carbons (Fsp3) is 0.594. The van der Waals surface area contributed by atoms with Gasteiger partial charge in [0.15, 0.2) is 0 Å². The number of β-amino-alcohol motifs (C(OH)–C–C–N with tert-alkyl or cyclic N) is 1. The smallest absolute Gasteiger partial charge is 0.248 e. The molecule has 1 N–H and O–H groups in total. The van der Waals surface area contributed by atoms with Crippen molar-refractivity contribution >= 4 is 23.4 Å². The molecule has 3 amide bonds. The van der Waals surface area contributed by atoms with Crippen LogP contribution in [-0.4, -0.2) is 89.3 Å². The Morgan fingerprint density at radius 2 is 1.80 bits per heavy atom. The predicted octanol–water partition coefficient (Wildman–Crippen LogP) is 3.32. The number of amides is 3. The van der Waals surface area contributed by atoms with Crippen LogP contribution < -0.4 is 9.64 Å². The van der Waals surface area contributed by atoms with Gasteiger partial charge in [-0.2, -0.15) is 0 Å². The van der Waals surface area contributed by atoms with Gasteiger partial charge in [0.25, 0.3) is 0 Å². The topological polar surface area (TPSA) is 99.6 Å². The SMILES string of the molecule is C=CCN(C(=O)[C@@H]1[C@H]2C(=O)N(CCO)C(C(=O)N(CC=C)C3CCCCC3)C23CC[C@H]1O3)c1ccc(OCC)cc1. The van der Waals surface area contributed by atoms with E-state index < -0.39 is 29.6 Å². The number of carbonyl (C=O) groups is 3. The number of aliphatic hydroxyl groups is 1. The van der Waals surface area contributed by atoms with Crippen molar-refractivity contribution in [3.05, 3.63) is 49.6 Å². The number of hydrogen-bond acceptors (Lipinski definition) is 6. The van der Waals surface area contributed by atoms with Crippen molar-refractivity contribution in [1.29, 1.82) is 0 Å². The summed E-state index contributed by atoms with van der Waals surface area (Å²) in [5.74, 6) is -1.48. The molecule has 1 spiro atoms. The van der Waals surface area contributed by atoms with E-state index in [1.165, 1.54) is 4.90 Å². The van der Waals surface area contributed by atoms with Crippen LogP contribution in [0.25, 0.3) is 0 Å². The number of fused-ring (bicyclic) bond motifs is 1.